The zero-order valence-electron chi connectivity index (χ0n) is 14.4. The van der Waals surface area contributed by atoms with E-state index in [0.717, 1.165) is 0 Å². The molecule has 2 heterocycles. The van der Waals surface area contributed by atoms with Crippen molar-refractivity contribution in [1.82, 2.24) is 4.90 Å². The number of carbonyl (C=O) groups excluding carboxylic acids is 2. The highest BCUT2D eigenvalue weighted by Gasteiger charge is 2.36. The van der Waals surface area contributed by atoms with Gasteiger partial charge in [0, 0.05) is 19.2 Å². The Morgan fingerprint density at radius 3 is 2.64 bits per heavy atom. The number of hydrogen-bond donors (Lipinski definition) is 0. The number of piperazine rings is 1. The Labute approximate surface area is 150 Å². The van der Waals surface area contributed by atoms with E-state index in [-0.39, 0.29) is 11.8 Å². The topological polar surface area (TPSA) is 59.1 Å². The molecule has 1 atom stereocenters. The number of ether oxygens (including phenoxy) is 2. The van der Waals surface area contributed by atoms with E-state index in [0.29, 0.717) is 35.2 Å². The second kappa shape index (κ2) is 7.14. The molecule has 6 nitrogen and oxygen atoms in total. The monoisotopic (exact) mass is 360 g/mol. The van der Waals surface area contributed by atoms with Crippen molar-refractivity contribution in [2.75, 3.05) is 32.2 Å². The number of anilines is 1. The van der Waals surface area contributed by atoms with Gasteiger partial charge in [-0.25, -0.2) is 0 Å². The molecule has 0 spiro atoms. The Hall–Kier alpha value is -2.54. The maximum absolute atomic E-state index is 12.9. The highest BCUT2D eigenvalue weighted by atomic mass is 32.1. The van der Waals surface area contributed by atoms with Gasteiger partial charge in [-0.05, 0) is 30.5 Å². The molecule has 1 saturated heterocycles. The molecule has 132 valence electrons. The van der Waals surface area contributed by atoms with Crippen LogP contribution in [0.4, 0.5) is 5.69 Å². The van der Waals surface area contributed by atoms with Gasteiger partial charge in [-0.2, -0.15) is 0 Å². The normalized spacial score (nSPS) is 17.6. The molecule has 1 aromatic heterocycles. The molecule has 2 aromatic rings. The van der Waals surface area contributed by atoms with Gasteiger partial charge in [0.1, 0.15) is 17.5 Å². The van der Waals surface area contributed by atoms with Crippen molar-refractivity contribution in [1.29, 1.82) is 0 Å². The smallest absolute Gasteiger partial charge is 0.264 e. The molecule has 1 unspecified atom stereocenters. The summed E-state index contributed by atoms with van der Waals surface area (Å²) in [6, 6.07) is 8.43. The van der Waals surface area contributed by atoms with Gasteiger partial charge in [-0.15, -0.1) is 11.3 Å². The highest BCUT2D eigenvalue weighted by Crippen LogP contribution is 2.34. The summed E-state index contributed by atoms with van der Waals surface area (Å²) in [6.45, 7) is 2.65. The maximum Gasteiger partial charge on any atom is 0.264 e. The molecule has 3 rings (SSSR count). The summed E-state index contributed by atoms with van der Waals surface area (Å²) in [7, 11) is 3.14. The second-order valence-electron chi connectivity index (χ2n) is 5.68. The van der Waals surface area contributed by atoms with Crippen molar-refractivity contribution in [3.05, 3.63) is 40.6 Å². The highest BCUT2D eigenvalue weighted by molar-refractivity contribution is 7.12. The van der Waals surface area contributed by atoms with Crippen LogP contribution in [-0.4, -0.2) is 50.1 Å². The number of rotatable bonds is 4. The van der Waals surface area contributed by atoms with Crippen molar-refractivity contribution < 1.29 is 19.1 Å². The Bertz CT molecular complexity index is 775. The summed E-state index contributed by atoms with van der Waals surface area (Å²) in [4.78, 5) is 29.4. The first-order valence-corrected chi connectivity index (χ1v) is 8.82. The molecule has 1 aliphatic rings. The molecule has 0 N–H and O–H groups in total. The van der Waals surface area contributed by atoms with Crippen LogP contribution in [0.25, 0.3) is 0 Å². The number of carbonyl (C=O) groups is 2. The third-order valence-electron chi connectivity index (χ3n) is 4.33. The molecule has 0 radical (unpaired) electrons. The Kier molecular flexibility index (Phi) is 4.94. The van der Waals surface area contributed by atoms with Crippen molar-refractivity contribution in [3.8, 4) is 11.5 Å². The van der Waals surface area contributed by atoms with Gasteiger partial charge >= 0.3 is 0 Å². The van der Waals surface area contributed by atoms with Gasteiger partial charge < -0.3 is 19.3 Å². The first-order chi connectivity index (χ1) is 12.1. The molecule has 1 fully saturated rings. The van der Waals surface area contributed by atoms with Gasteiger partial charge in [0.2, 0.25) is 5.91 Å². The first kappa shape index (κ1) is 17.3. The standard InChI is InChI=1S/C18H20N2O4S/c1-12-17(21)20(14-7-6-13(23-2)11-15(14)24-3)9-8-19(12)18(22)16-5-4-10-25-16/h4-7,10-12H,8-9H2,1-3H3. The fraction of sp³-hybridized carbons (Fsp3) is 0.333. The number of amides is 2. The first-order valence-electron chi connectivity index (χ1n) is 7.94. The minimum Gasteiger partial charge on any atom is -0.497 e. The van der Waals surface area contributed by atoms with Gasteiger partial charge in [0.25, 0.3) is 5.91 Å². The van der Waals surface area contributed by atoms with E-state index in [9.17, 15) is 9.59 Å². The number of benzene rings is 1. The van der Waals surface area contributed by atoms with Crippen LogP contribution in [0.3, 0.4) is 0 Å². The van der Waals surface area contributed by atoms with Crippen LogP contribution in [0.1, 0.15) is 16.6 Å². The number of thiophene rings is 1. The van der Waals surface area contributed by atoms with Crippen LogP contribution >= 0.6 is 11.3 Å². The summed E-state index contributed by atoms with van der Waals surface area (Å²) in [5.41, 5.74) is 0.684. The van der Waals surface area contributed by atoms with E-state index in [1.165, 1.54) is 11.3 Å². The van der Waals surface area contributed by atoms with Gasteiger partial charge in [-0.3, -0.25) is 9.59 Å². The van der Waals surface area contributed by atoms with Crippen molar-refractivity contribution in [2.45, 2.75) is 13.0 Å². The molecule has 0 aliphatic carbocycles. The van der Waals surface area contributed by atoms with E-state index in [4.69, 9.17) is 9.47 Å². The SMILES string of the molecule is COc1ccc(N2CCN(C(=O)c3cccs3)C(C)C2=O)c(OC)c1. The molecular formula is C18H20N2O4S. The lowest BCUT2D eigenvalue weighted by Gasteiger charge is -2.39. The largest absolute Gasteiger partial charge is 0.497 e. The molecule has 7 heteroatoms. The van der Waals surface area contributed by atoms with Gasteiger partial charge in [-0.1, -0.05) is 6.07 Å². The van der Waals surface area contributed by atoms with Gasteiger partial charge in [0.15, 0.2) is 0 Å². The Morgan fingerprint density at radius 2 is 2.00 bits per heavy atom. The maximum atomic E-state index is 12.9. The minimum atomic E-state index is -0.532. The number of methoxy groups -OCH3 is 2. The summed E-state index contributed by atoms with van der Waals surface area (Å²) in [5, 5.41) is 1.86. The van der Waals surface area contributed by atoms with E-state index in [1.54, 1.807) is 55.2 Å². The van der Waals surface area contributed by atoms with Crippen LogP contribution in [0, 0.1) is 0 Å². The predicted octanol–water partition coefficient (Wildman–Crippen LogP) is 2.64. The average molecular weight is 360 g/mol. The van der Waals surface area contributed by atoms with E-state index >= 15 is 0 Å². The van der Waals surface area contributed by atoms with Crippen LogP contribution in [0.2, 0.25) is 0 Å². The predicted molar refractivity (Wildman–Crippen MR) is 96.7 cm³/mol. The molecular weight excluding hydrogens is 340 g/mol. The third kappa shape index (κ3) is 3.19. The fourth-order valence-electron chi connectivity index (χ4n) is 2.94. The fourth-order valence-corrected chi connectivity index (χ4v) is 3.62. The van der Waals surface area contributed by atoms with Crippen LogP contribution in [0.15, 0.2) is 35.7 Å². The molecule has 25 heavy (non-hydrogen) atoms. The van der Waals surface area contributed by atoms with Crippen molar-refractivity contribution in [3.63, 3.8) is 0 Å². The average Bonchev–Trinajstić information content (AvgIpc) is 3.17. The lowest BCUT2D eigenvalue weighted by Crippen LogP contribution is -2.57. The Balaban J connectivity index is 1.84. The number of nitrogens with zero attached hydrogens (tertiary/aromatic N) is 2. The summed E-state index contributed by atoms with van der Waals surface area (Å²) < 4.78 is 10.6. The lowest BCUT2D eigenvalue weighted by molar-refractivity contribution is -0.124. The zero-order valence-corrected chi connectivity index (χ0v) is 15.2. The van der Waals surface area contributed by atoms with Crippen molar-refractivity contribution >= 4 is 28.8 Å². The summed E-state index contributed by atoms with van der Waals surface area (Å²) >= 11 is 1.39. The minimum absolute atomic E-state index is 0.0998. The van der Waals surface area contributed by atoms with E-state index in [1.807, 2.05) is 11.4 Å². The molecule has 1 aliphatic heterocycles. The second-order valence-corrected chi connectivity index (χ2v) is 6.63. The zero-order chi connectivity index (χ0) is 18.0. The Morgan fingerprint density at radius 1 is 1.20 bits per heavy atom. The molecule has 0 bridgehead atoms. The number of hydrogen-bond acceptors (Lipinski definition) is 5. The van der Waals surface area contributed by atoms with E-state index < -0.39 is 6.04 Å². The van der Waals surface area contributed by atoms with Crippen molar-refractivity contribution in [2.24, 2.45) is 0 Å². The third-order valence-corrected chi connectivity index (χ3v) is 5.18. The van der Waals surface area contributed by atoms with Crippen LogP contribution < -0.4 is 14.4 Å². The molecule has 2 amide bonds. The van der Waals surface area contributed by atoms with Crippen LogP contribution in [0.5, 0.6) is 11.5 Å². The molecule has 1 aromatic carbocycles. The van der Waals surface area contributed by atoms with Gasteiger partial charge in [0.05, 0.1) is 24.8 Å². The van der Waals surface area contributed by atoms with E-state index in [2.05, 4.69) is 0 Å². The lowest BCUT2D eigenvalue weighted by atomic mass is 10.1. The summed E-state index contributed by atoms with van der Waals surface area (Å²) in [5.74, 6) is 1.00. The van der Waals surface area contributed by atoms with Crippen LogP contribution in [-0.2, 0) is 4.79 Å². The quantitative estimate of drug-likeness (QED) is 0.841. The molecule has 0 saturated carbocycles. The summed E-state index contributed by atoms with van der Waals surface area (Å²) in [6.07, 6.45) is 0.